The molecule has 0 bridgehead atoms. The first-order valence-electron chi connectivity index (χ1n) is 11.3. The van der Waals surface area contributed by atoms with Gasteiger partial charge in [-0.25, -0.2) is 12.8 Å². The van der Waals surface area contributed by atoms with E-state index in [2.05, 4.69) is 4.74 Å². The fourth-order valence-corrected chi connectivity index (χ4v) is 5.64. The predicted molar refractivity (Wildman–Crippen MR) is 136 cm³/mol. The Kier molecular flexibility index (Phi) is 8.17. The number of ether oxygens (including phenoxy) is 2. The number of aliphatic carboxylic acids is 1. The van der Waals surface area contributed by atoms with Crippen LogP contribution in [0.1, 0.15) is 24.0 Å². The Morgan fingerprint density at radius 1 is 1.16 bits per heavy atom. The maximum absolute atomic E-state index is 14.2. The summed E-state index contributed by atoms with van der Waals surface area (Å²) in [6, 6.07) is 13.6. The number of alkyl halides is 2. The van der Waals surface area contributed by atoms with Crippen molar-refractivity contribution in [2.75, 3.05) is 10.8 Å². The monoisotopic (exact) mass is 567 g/mol. The van der Waals surface area contributed by atoms with Crippen LogP contribution < -0.4 is 13.8 Å². The number of fused-ring (bicyclic) bond motifs is 1. The summed E-state index contributed by atoms with van der Waals surface area (Å²) in [5.41, 5.74) is 0.779. The van der Waals surface area contributed by atoms with Gasteiger partial charge in [-0.15, -0.1) is 0 Å². The van der Waals surface area contributed by atoms with Gasteiger partial charge in [0.1, 0.15) is 23.4 Å². The highest BCUT2D eigenvalue weighted by Gasteiger charge is 2.35. The number of carboxylic acid groups (broad SMARTS) is 1. The van der Waals surface area contributed by atoms with Crippen molar-refractivity contribution < 1.29 is 41.0 Å². The minimum absolute atomic E-state index is 0.0305. The number of anilines is 1. The lowest BCUT2D eigenvalue weighted by atomic mass is 10.1. The first kappa shape index (κ1) is 27.3. The van der Waals surface area contributed by atoms with Gasteiger partial charge in [0, 0.05) is 18.1 Å². The van der Waals surface area contributed by atoms with E-state index >= 15 is 0 Å². The predicted octanol–water partition coefficient (Wildman–Crippen LogP) is 6.07. The van der Waals surface area contributed by atoms with Crippen LogP contribution in [0.2, 0.25) is 5.02 Å². The first-order valence-corrected chi connectivity index (χ1v) is 13.1. The maximum Gasteiger partial charge on any atom is 0.387 e. The van der Waals surface area contributed by atoms with Gasteiger partial charge in [0.05, 0.1) is 22.2 Å². The van der Waals surface area contributed by atoms with Crippen LogP contribution in [-0.4, -0.2) is 38.8 Å². The summed E-state index contributed by atoms with van der Waals surface area (Å²) < 4.78 is 78.2. The molecule has 0 amide bonds. The second-order valence-corrected chi connectivity index (χ2v) is 10.5. The molecule has 200 valence electrons. The molecule has 1 N–H and O–H groups in total. The molecule has 3 aromatic rings. The van der Waals surface area contributed by atoms with E-state index in [9.17, 15) is 26.4 Å². The van der Waals surface area contributed by atoms with E-state index in [1.165, 1.54) is 54.6 Å². The number of carboxylic acids is 1. The fraction of sp³-hybridized carbons (Fsp3) is 0.192. The van der Waals surface area contributed by atoms with E-state index in [0.29, 0.717) is 5.56 Å². The molecule has 1 aliphatic rings. The average molecular weight is 568 g/mol. The second kappa shape index (κ2) is 11.4. The van der Waals surface area contributed by atoms with Crippen LogP contribution in [0.15, 0.2) is 65.6 Å². The van der Waals surface area contributed by atoms with Gasteiger partial charge in [-0.3, -0.25) is 9.10 Å². The molecule has 1 atom stereocenters. The molecule has 38 heavy (non-hydrogen) atoms. The number of nitrogens with zero attached hydrogens (tertiary/aromatic N) is 1. The number of halogens is 4. The summed E-state index contributed by atoms with van der Waals surface area (Å²) in [4.78, 5) is 10.8. The van der Waals surface area contributed by atoms with Gasteiger partial charge in [-0.2, -0.15) is 8.78 Å². The van der Waals surface area contributed by atoms with Crippen LogP contribution in [0.5, 0.6) is 11.5 Å². The van der Waals surface area contributed by atoms with Crippen LogP contribution in [0, 0.1) is 5.82 Å². The van der Waals surface area contributed by atoms with Crippen molar-refractivity contribution in [1.29, 1.82) is 0 Å². The van der Waals surface area contributed by atoms with Crippen molar-refractivity contribution in [1.82, 2.24) is 0 Å². The summed E-state index contributed by atoms with van der Waals surface area (Å²) in [7, 11) is -4.33. The van der Waals surface area contributed by atoms with E-state index in [1.807, 2.05) is 0 Å². The molecule has 0 spiro atoms. The minimum atomic E-state index is -4.33. The fourth-order valence-electron chi connectivity index (χ4n) is 3.88. The summed E-state index contributed by atoms with van der Waals surface area (Å²) in [5.74, 6) is -1.77. The summed E-state index contributed by atoms with van der Waals surface area (Å²) in [6.07, 6.45) is 1.98. The third kappa shape index (κ3) is 6.22. The molecule has 0 unspecified atom stereocenters. The van der Waals surface area contributed by atoms with Crippen LogP contribution in [0.25, 0.3) is 12.2 Å². The lowest BCUT2D eigenvalue weighted by Crippen LogP contribution is -2.43. The Morgan fingerprint density at radius 2 is 1.92 bits per heavy atom. The summed E-state index contributed by atoms with van der Waals surface area (Å²) in [5, 5.41) is 9.26. The average Bonchev–Trinajstić information content (AvgIpc) is 2.86. The lowest BCUT2D eigenvalue weighted by Gasteiger charge is -2.35. The van der Waals surface area contributed by atoms with Gasteiger partial charge in [0.2, 0.25) is 0 Å². The highest BCUT2D eigenvalue weighted by molar-refractivity contribution is 7.92. The molecule has 1 aliphatic heterocycles. The van der Waals surface area contributed by atoms with Gasteiger partial charge in [0.25, 0.3) is 10.0 Å². The molecule has 7 nitrogen and oxygen atoms in total. The third-order valence-electron chi connectivity index (χ3n) is 5.66. The standard InChI is InChI=1S/C26H21ClF3NO6S/c27-21-5-2-6-22(28)20(21)10-7-16-8-11-24-23(13-16)31(15-18(36-24)9-12-25(32)33)38(34,35)19-4-1-3-17(14-19)37-26(29)30/h1-8,10-11,13-14,18,26H,9,12,15H2,(H,32,33)/t18-/m0/s1. The molecule has 0 fully saturated rings. The molecular formula is C26H21ClF3NO6S. The molecule has 1 heterocycles. The van der Waals surface area contributed by atoms with Crippen LogP contribution in [-0.2, 0) is 14.8 Å². The van der Waals surface area contributed by atoms with Gasteiger partial charge in [-0.05, 0) is 54.5 Å². The number of rotatable bonds is 9. The van der Waals surface area contributed by atoms with Crippen LogP contribution >= 0.6 is 11.6 Å². The molecular weight excluding hydrogens is 547 g/mol. The zero-order chi connectivity index (χ0) is 27.4. The molecule has 0 aliphatic carbocycles. The summed E-state index contributed by atoms with van der Waals surface area (Å²) in [6.45, 7) is -3.37. The highest BCUT2D eigenvalue weighted by atomic mass is 35.5. The highest BCUT2D eigenvalue weighted by Crippen LogP contribution is 2.39. The Labute approximate surface area is 221 Å². The Morgan fingerprint density at radius 3 is 2.63 bits per heavy atom. The number of carbonyl (C=O) groups is 1. The number of benzene rings is 3. The minimum Gasteiger partial charge on any atom is -0.486 e. The van der Waals surface area contributed by atoms with Crippen molar-refractivity contribution >= 4 is 45.4 Å². The van der Waals surface area contributed by atoms with Crippen molar-refractivity contribution in [2.24, 2.45) is 0 Å². The molecule has 3 aromatic carbocycles. The van der Waals surface area contributed by atoms with E-state index in [0.717, 1.165) is 10.4 Å². The second-order valence-electron chi connectivity index (χ2n) is 8.26. The molecule has 0 saturated heterocycles. The van der Waals surface area contributed by atoms with E-state index < -0.39 is 34.5 Å². The van der Waals surface area contributed by atoms with Gasteiger partial charge in [-0.1, -0.05) is 35.9 Å². The van der Waals surface area contributed by atoms with Crippen LogP contribution in [0.4, 0.5) is 18.9 Å². The first-order chi connectivity index (χ1) is 18.0. The van der Waals surface area contributed by atoms with E-state index in [4.69, 9.17) is 21.4 Å². The van der Waals surface area contributed by atoms with Crippen molar-refractivity contribution in [2.45, 2.75) is 30.5 Å². The summed E-state index contributed by atoms with van der Waals surface area (Å²) >= 11 is 6.08. The molecule has 0 radical (unpaired) electrons. The zero-order valence-corrected chi connectivity index (χ0v) is 21.1. The Bertz CT molecular complexity index is 1460. The number of hydrogen-bond acceptors (Lipinski definition) is 5. The largest absolute Gasteiger partial charge is 0.486 e. The lowest BCUT2D eigenvalue weighted by molar-refractivity contribution is -0.137. The Balaban J connectivity index is 1.74. The van der Waals surface area contributed by atoms with Gasteiger partial charge in [0.15, 0.2) is 0 Å². The van der Waals surface area contributed by atoms with Crippen molar-refractivity contribution in [3.8, 4) is 11.5 Å². The molecule has 0 aromatic heterocycles. The van der Waals surface area contributed by atoms with E-state index in [-0.39, 0.29) is 52.1 Å². The molecule has 4 rings (SSSR count). The molecule has 0 saturated carbocycles. The van der Waals surface area contributed by atoms with E-state index in [1.54, 1.807) is 12.1 Å². The quantitative estimate of drug-likeness (QED) is 0.315. The van der Waals surface area contributed by atoms with Crippen LogP contribution in [0.3, 0.4) is 0 Å². The number of hydrogen-bond donors (Lipinski definition) is 1. The number of sulfonamides is 1. The topological polar surface area (TPSA) is 93.1 Å². The third-order valence-corrected chi connectivity index (χ3v) is 7.76. The smallest absolute Gasteiger partial charge is 0.387 e. The normalized spacial score (nSPS) is 15.4. The van der Waals surface area contributed by atoms with Gasteiger partial charge >= 0.3 is 12.6 Å². The van der Waals surface area contributed by atoms with Crippen molar-refractivity contribution in [3.05, 3.63) is 82.6 Å². The van der Waals surface area contributed by atoms with Crippen molar-refractivity contribution in [3.63, 3.8) is 0 Å². The van der Waals surface area contributed by atoms with Gasteiger partial charge < -0.3 is 14.6 Å². The SMILES string of the molecule is O=C(O)CC[C@H]1CN(S(=O)(=O)c2cccc(OC(F)F)c2)c2cc(C=Cc3c(F)cccc3Cl)ccc2O1. The Hall–Kier alpha value is -3.70. The maximum atomic E-state index is 14.2. The zero-order valence-electron chi connectivity index (χ0n) is 19.6. The molecule has 12 heteroatoms.